The molecule has 1 aliphatic carbocycles. The van der Waals surface area contributed by atoms with Gasteiger partial charge >= 0.3 is 0 Å². The zero-order valence-electron chi connectivity index (χ0n) is 15.6. The Morgan fingerprint density at radius 3 is 2.46 bits per heavy atom. The molecule has 0 radical (unpaired) electrons. The molecule has 1 aromatic carbocycles. The van der Waals surface area contributed by atoms with Crippen LogP contribution in [0.15, 0.2) is 29.8 Å². The number of fused-ring (bicyclic) bond motifs is 1. The van der Waals surface area contributed by atoms with Gasteiger partial charge < -0.3 is 5.41 Å². The van der Waals surface area contributed by atoms with Gasteiger partial charge in [0.2, 0.25) is 0 Å². The molecule has 1 aromatic rings. The molecule has 0 aromatic heterocycles. The summed E-state index contributed by atoms with van der Waals surface area (Å²) in [6.07, 6.45) is 1.97. The second-order valence-corrected chi connectivity index (χ2v) is 8.27. The third-order valence-corrected chi connectivity index (χ3v) is 6.70. The van der Waals surface area contributed by atoms with E-state index in [0.717, 1.165) is 5.57 Å². The maximum atomic E-state index is 10.1. The van der Waals surface area contributed by atoms with Gasteiger partial charge in [-0.2, -0.15) is 15.8 Å². The second-order valence-electron chi connectivity index (χ2n) is 7.49. The molecule has 7 heteroatoms. The monoisotopic (exact) mass is 411 g/mol. The molecular formula is C21H19Cl2N5. The van der Waals surface area contributed by atoms with E-state index in [0.29, 0.717) is 23.7 Å². The highest BCUT2D eigenvalue weighted by molar-refractivity contribution is 6.42. The van der Waals surface area contributed by atoms with Crippen molar-refractivity contribution in [1.29, 1.82) is 21.2 Å². The Labute approximate surface area is 174 Å². The zero-order valence-corrected chi connectivity index (χ0v) is 17.1. The SMILES string of the molecule is CC(C)N1CC=C2C(C#N)C(=N)C(C#N)(C#N)[C@@H](c3cccc(Cl)c3Cl)[C@@H]2C1. The van der Waals surface area contributed by atoms with Crippen molar-refractivity contribution in [2.75, 3.05) is 13.1 Å². The summed E-state index contributed by atoms with van der Waals surface area (Å²) in [5.41, 5.74) is -0.593. The van der Waals surface area contributed by atoms with E-state index in [1.807, 2.05) is 6.08 Å². The summed E-state index contributed by atoms with van der Waals surface area (Å²) >= 11 is 12.7. The van der Waals surface area contributed by atoms with Gasteiger partial charge in [-0.3, -0.25) is 4.90 Å². The van der Waals surface area contributed by atoms with Crippen LogP contribution in [0.25, 0.3) is 0 Å². The van der Waals surface area contributed by atoms with Gasteiger partial charge in [-0.15, -0.1) is 0 Å². The number of nitrogens with one attached hydrogen (secondary N) is 1. The van der Waals surface area contributed by atoms with Crippen LogP contribution in [-0.2, 0) is 0 Å². The van der Waals surface area contributed by atoms with Crippen LogP contribution >= 0.6 is 23.2 Å². The molecule has 2 aliphatic rings. The van der Waals surface area contributed by atoms with Gasteiger partial charge in [0.15, 0.2) is 5.41 Å². The Morgan fingerprint density at radius 1 is 1.21 bits per heavy atom. The van der Waals surface area contributed by atoms with Crippen LogP contribution in [-0.4, -0.2) is 29.7 Å². The summed E-state index contributed by atoms with van der Waals surface area (Å²) in [7, 11) is 0. The highest BCUT2D eigenvalue weighted by atomic mass is 35.5. The molecule has 0 spiro atoms. The van der Waals surface area contributed by atoms with Crippen molar-refractivity contribution in [3.05, 3.63) is 45.5 Å². The molecule has 142 valence electrons. The van der Waals surface area contributed by atoms with E-state index in [2.05, 4.69) is 37.0 Å². The Hall–Kier alpha value is -2.36. The van der Waals surface area contributed by atoms with E-state index in [4.69, 9.17) is 28.6 Å². The number of benzene rings is 1. The molecule has 1 aliphatic heterocycles. The predicted molar refractivity (Wildman–Crippen MR) is 108 cm³/mol. The first-order valence-electron chi connectivity index (χ1n) is 9.01. The predicted octanol–water partition coefficient (Wildman–Crippen LogP) is 4.55. The van der Waals surface area contributed by atoms with Crippen molar-refractivity contribution in [2.45, 2.75) is 25.8 Å². The van der Waals surface area contributed by atoms with E-state index >= 15 is 0 Å². The molecule has 3 rings (SSSR count). The average molecular weight is 412 g/mol. The lowest BCUT2D eigenvalue weighted by Crippen LogP contribution is -2.53. The molecule has 0 saturated heterocycles. The average Bonchev–Trinajstić information content (AvgIpc) is 2.69. The minimum absolute atomic E-state index is 0.179. The minimum atomic E-state index is -1.78. The van der Waals surface area contributed by atoms with Crippen LogP contribution in [0.2, 0.25) is 10.0 Å². The summed E-state index contributed by atoms with van der Waals surface area (Å²) in [4.78, 5) is 2.22. The van der Waals surface area contributed by atoms with Crippen LogP contribution in [0.5, 0.6) is 0 Å². The molecule has 1 heterocycles. The van der Waals surface area contributed by atoms with Crippen molar-refractivity contribution in [3.63, 3.8) is 0 Å². The van der Waals surface area contributed by atoms with E-state index < -0.39 is 17.3 Å². The lowest BCUT2D eigenvalue weighted by atomic mass is 9.54. The lowest BCUT2D eigenvalue weighted by Gasteiger charge is -2.48. The molecule has 1 N–H and O–H groups in total. The lowest BCUT2D eigenvalue weighted by molar-refractivity contribution is 0.171. The zero-order chi connectivity index (χ0) is 20.6. The first-order valence-corrected chi connectivity index (χ1v) is 9.76. The van der Waals surface area contributed by atoms with Crippen LogP contribution in [0.1, 0.15) is 25.3 Å². The fraction of sp³-hybridized carbons (Fsp3) is 0.429. The quantitative estimate of drug-likeness (QED) is 0.721. The first kappa shape index (κ1) is 20.4. The van der Waals surface area contributed by atoms with Gasteiger partial charge in [0.25, 0.3) is 0 Å². The Bertz CT molecular complexity index is 962. The number of hydrogen-bond donors (Lipinski definition) is 1. The number of halogens is 2. The summed E-state index contributed by atoms with van der Waals surface area (Å²) in [5, 5.41) is 39.1. The molecule has 0 bridgehead atoms. The fourth-order valence-electron chi connectivity index (χ4n) is 4.36. The fourth-order valence-corrected chi connectivity index (χ4v) is 4.78. The highest BCUT2D eigenvalue weighted by Crippen LogP contribution is 2.55. The summed E-state index contributed by atoms with van der Waals surface area (Å²) < 4.78 is 0. The van der Waals surface area contributed by atoms with Crippen molar-refractivity contribution in [3.8, 4) is 18.2 Å². The number of nitrogens with zero attached hydrogens (tertiary/aromatic N) is 4. The molecular weight excluding hydrogens is 393 g/mol. The summed E-state index contributed by atoms with van der Waals surface area (Å²) in [5.74, 6) is -1.85. The Balaban J connectivity index is 2.30. The van der Waals surface area contributed by atoms with Gasteiger partial charge in [-0.05, 0) is 31.1 Å². The van der Waals surface area contributed by atoms with Gasteiger partial charge in [0, 0.05) is 31.0 Å². The van der Waals surface area contributed by atoms with Crippen molar-refractivity contribution in [2.24, 2.45) is 17.3 Å². The standard InChI is InChI=1S/C21H19Cl2N5/c1-12(2)28-7-6-13-15(8-24)20(27)21(10-25,11-26)18(16(13)9-28)14-4-3-5-17(22)19(14)23/h3-6,12,15-16,18,27H,7,9H2,1-2H3/t15?,16-,18+/m1/s1. The maximum absolute atomic E-state index is 10.1. The van der Waals surface area contributed by atoms with E-state index in [1.54, 1.807) is 18.2 Å². The van der Waals surface area contributed by atoms with Crippen LogP contribution < -0.4 is 0 Å². The van der Waals surface area contributed by atoms with E-state index in [-0.39, 0.29) is 22.7 Å². The second kappa shape index (κ2) is 7.57. The molecule has 0 amide bonds. The summed E-state index contributed by atoms with van der Waals surface area (Å²) in [6.45, 7) is 5.40. The van der Waals surface area contributed by atoms with Gasteiger partial charge in [-0.1, -0.05) is 41.4 Å². The highest BCUT2D eigenvalue weighted by Gasteiger charge is 2.58. The molecule has 1 fully saturated rings. The van der Waals surface area contributed by atoms with Gasteiger partial charge in [0.05, 0.1) is 34.0 Å². The topological polar surface area (TPSA) is 98.5 Å². The molecule has 5 nitrogen and oxygen atoms in total. The van der Waals surface area contributed by atoms with Gasteiger partial charge in [0.1, 0.15) is 5.92 Å². The minimum Gasteiger partial charge on any atom is -0.305 e. The van der Waals surface area contributed by atoms with Crippen LogP contribution in [0, 0.1) is 56.7 Å². The van der Waals surface area contributed by atoms with Crippen molar-refractivity contribution in [1.82, 2.24) is 4.90 Å². The number of hydrogen-bond acceptors (Lipinski definition) is 5. The van der Waals surface area contributed by atoms with E-state index in [1.165, 1.54) is 0 Å². The largest absolute Gasteiger partial charge is 0.305 e. The Morgan fingerprint density at radius 2 is 1.89 bits per heavy atom. The Kier molecular flexibility index (Phi) is 5.51. The van der Waals surface area contributed by atoms with E-state index in [9.17, 15) is 15.8 Å². The van der Waals surface area contributed by atoms with Crippen LogP contribution in [0.4, 0.5) is 0 Å². The van der Waals surface area contributed by atoms with Crippen molar-refractivity contribution >= 4 is 28.9 Å². The molecule has 1 unspecified atom stereocenters. The van der Waals surface area contributed by atoms with Crippen molar-refractivity contribution < 1.29 is 0 Å². The first-order chi connectivity index (χ1) is 13.3. The summed E-state index contributed by atoms with van der Waals surface area (Å²) in [6, 6.07) is 11.7. The third kappa shape index (κ3) is 2.90. The normalized spacial score (nSPS) is 26.6. The maximum Gasteiger partial charge on any atom is 0.189 e. The third-order valence-electron chi connectivity index (χ3n) is 5.87. The number of nitriles is 3. The van der Waals surface area contributed by atoms with Gasteiger partial charge in [-0.25, -0.2) is 0 Å². The number of rotatable bonds is 2. The molecule has 1 saturated carbocycles. The molecule has 3 atom stereocenters. The van der Waals surface area contributed by atoms with Crippen LogP contribution in [0.3, 0.4) is 0 Å². The molecule has 28 heavy (non-hydrogen) atoms. The smallest absolute Gasteiger partial charge is 0.189 e.